The van der Waals surface area contributed by atoms with Gasteiger partial charge < -0.3 is 14.9 Å². The predicted octanol–water partition coefficient (Wildman–Crippen LogP) is 3.09. The Hall–Kier alpha value is -2.86. The highest BCUT2D eigenvalue weighted by molar-refractivity contribution is 5.82. The average molecular weight is 369 g/mol. The lowest BCUT2D eigenvalue weighted by atomic mass is 9.98. The van der Waals surface area contributed by atoms with E-state index < -0.39 is 23.7 Å². The summed E-state index contributed by atoms with van der Waals surface area (Å²) < 4.78 is 5.44. The molecule has 27 heavy (non-hydrogen) atoms. The number of hydrogen-bond acceptors (Lipinski definition) is 4. The quantitative estimate of drug-likeness (QED) is 0.846. The minimum absolute atomic E-state index is 0.0927. The molecule has 0 aromatic heterocycles. The first-order valence-electron chi connectivity index (χ1n) is 8.74. The SMILES string of the molecule is CN(C(=O)OCC1c2ccccc2-c2ccccc21)[C@H](C(=O)O)C(C)(C)O. The second-order valence-electron chi connectivity index (χ2n) is 7.31. The molecular weight excluding hydrogens is 346 g/mol. The van der Waals surface area contributed by atoms with Crippen LogP contribution < -0.4 is 0 Å². The van der Waals surface area contributed by atoms with Crippen molar-refractivity contribution in [3.05, 3.63) is 59.7 Å². The third-order valence-electron chi connectivity index (χ3n) is 4.91. The zero-order valence-electron chi connectivity index (χ0n) is 15.5. The molecule has 1 aliphatic carbocycles. The molecule has 0 radical (unpaired) electrons. The van der Waals surface area contributed by atoms with E-state index in [0.717, 1.165) is 27.2 Å². The highest BCUT2D eigenvalue weighted by atomic mass is 16.6. The van der Waals surface area contributed by atoms with Gasteiger partial charge in [-0.1, -0.05) is 48.5 Å². The first kappa shape index (κ1) is 18.9. The first-order valence-corrected chi connectivity index (χ1v) is 8.74. The Morgan fingerprint density at radius 3 is 2.00 bits per heavy atom. The molecule has 2 aromatic rings. The maximum absolute atomic E-state index is 12.4. The molecule has 2 aromatic carbocycles. The lowest BCUT2D eigenvalue weighted by Gasteiger charge is -2.33. The van der Waals surface area contributed by atoms with E-state index in [1.54, 1.807) is 0 Å². The minimum atomic E-state index is -1.60. The number of benzene rings is 2. The number of aliphatic hydroxyl groups is 1. The van der Waals surface area contributed by atoms with E-state index in [9.17, 15) is 19.8 Å². The van der Waals surface area contributed by atoms with E-state index in [1.807, 2.05) is 48.5 Å². The van der Waals surface area contributed by atoms with Crippen molar-refractivity contribution in [1.29, 1.82) is 0 Å². The molecule has 0 unspecified atom stereocenters. The molecule has 0 saturated carbocycles. The lowest BCUT2D eigenvalue weighted by molar-refractivity contribution is -0.150. The summed E-state index contributed by atoms with van der Waals surface area (Å²) in [5, 5.41) is 19.4. The van der Waals surface area contributed by atoms with Gasteiger partial charge in [0, 0.05) is 13.0 Å². The molecule has 6 nitrogen and oxygen atoms in total. The van der Waals surface area contributed by atoms with Crippen LogP contribution in [-0.2, 0) is 9.53 Å². The molecule has 142 valence electrons. The van der Waals surface area contributed by atoms with Crippen molar-refractivity contribution >= 4 is 12.1 Å². The van der Waals surface area contributed by atoms with Crippen molar-refractivity contribution < 1.29 is 24.5 Å². The number of carboxylic acids is 1. The maximum Gasteiger partial charge on any atom is 0.410 e. The average Bonchev–Trinajstić information content (AvgIpc) is 2.92. The maximum atomic E-state index is 12.4. The number of amides is 1. The van der Waals surface area contributed by atoms with Gasteiger partial charge in [-0.3, -0.25) is 4.90 Å². The normalized spacial score (nSPS) is 14.2. The Bertz CT molecular complexity index is 825. The summed E-state index contributed by atoms with van der Waals surface area (Å²) in [7, 11) is 1.32. The van der Waals surface area contributed by atoms with Crippen LogP contribution in [0.3, 0.4) is 0 Å². The number of nitrogens with zero attached hydrogens (tertiary/aromatic N) is 1. The van der Waals surface area contributed by atoms with Gasteiger partial charge in [0.15, 0.2) is 6.04 Å². The van der Waals surface area contributed by atoms with Crippen LogP contribution in [0, 0.1) is 0 Å². The topological polar surface area (TPSA) is 87.1 Å². The van der Waals surface area contributed by atoms with Crippen molar-refractivity contribution in [2.45, 2.75) is 31.4 Å². The highest BCUT2D eigenvalue weighted by Gasteiger charge is 2.40. The van der Waals surface area contributed by atoms with E-state index in [1.165, 1.54) is 20.9 Å². The molecule has 3 rings (SSSR count). The van der Waals surface area contributed by atoms with Gasteiger partial charge in [-0.05, 0) is 36.1 Å². The van der Waals surface area contributed by atoms with Gasteiger partial charge in [-0.25, -0.2) is 9.59 Å². The van der Waals surface area contributed by atoms with Gasteiger partial charge in [0.2, 0.25) is 0 Å². The first-order chi connectivity index (χ1) is 12.7. The fourth-order valence-electron chi connectivity index (χ4n) is 3.74. The van der Waals surface area contributed by atoms with Gasteiger partial charge >= 0.3 is 12.1 Å². The Balaban J connectivity index is 1.79. The van der Waals surface area contributed by atoms with Crippen molar-refractivity contribution in [3.63, 3.8) is 0 Å². The van der Waals surface area contributed by atoms with Crippen LogP contribution in [0.15, 0.2) is 48.5 Å². The van der Waals surface area contributed by atoms with Gasteiger partial charge in [0.25, 0.3) is 0 Å². The molecule has 0 fully saturated rings. The molecule has 1 amide bonds. The molecule has 0 aliphatic heterocycles. The van der Waals surface area contributed by atoms with E-state index in [4.69, 9.17) is 4.74 Å². The number of aliphatic carboxylic acids is 1. The largest absolute Gasteiger partial charge is 0.480 e. The van der Waals surface area contributed by atoms with E-state index in [-0.39, 0.29) is 12.5 Å². The van der Waals surface area contributed by atoms with E-state index >= 15 is 0 Å². The summed E-state index contributed by atoms with van der Waals surface area (Å²) in [5.74, 6) is -1.40. The number of rotatable bonds is 5. The van der Waals surface area contributed by atoms with Crippen LogP contribution in [0.25, 0.3) is 11.1 Å². The van der Waals surface area contributed by atoms with Crippen LogP contribution in [0.4, 0.5) is 4.79 Å². The molecule has 0 saturated heterocycles. The van der Waals surface area contributed by atoms with Crippen LogP contribution in [-0.4, -0.2) is 52.5 Å². The Kier molecular flexibility index (Phi) is 4.93. The molecule has 6 heteroatoms. The van der Waals surface area contributed by atoms with Crippen molar-refractivity contribution in [3.8, 4) is 11.1 Å². The fraction of sp³-hybridized carbons (Fsp3) is 0.333. The minimum Gasteiger partial charge on any atom is -0.480 e. The van der Waals surface area contributed by atoms with Crippen LogP contribution in [0.1, 0.15) is 30.9 Å². The lowest BCUT2D eigenvalue weighted by Crippen LogP contribution is -2.54. The fourth-order valence-corrected chi connectivity index (χ4v) is 3.74. The molecule has 2 N–H and O–H groups in total. The number of likely N-dealkylation sites (N-methyl/N-ethyl adjacent to an activating group) is 1. The Labute approximate surface area is 158 Å². The molecule has 1 aliphatic rings. The Morgan fingerprint density at radius 1 is 1.07 bits per heavy atom. The number of carboxylic acid groups (broad SMARTS) is 1. The van der Waals surface area contributed by atoms with Crippen LogP contribution >= 0.6 is 0 Å². The van der Waals surface area contributed by atoms with Gasteiger partial charge in [-0.2, -0.15) is 0 Å². The number of ether oxygens (including phenoxy) is 1. The van der Waals surface area contributed by atoms with Crippen molar-refractivity contribution in [2.75, 3.05) is 13.7 Å². The van der Waals surface area contributed by atoms with Crippen LogP contribution in [0.2, 0.25) is 0 Å². The number of fused-ring (bicyclic) bond motifs is 3. The summed E-state index contributed by atoms with van der Waals surface area (Å²) in [4.78, 5) is 24.8. The standard InChI is InChI=1S/C21H23NO5/c1-21(2,26)18(19(23)24)22(3)20(25)27-12-17-15-10-6-4-8-13(15)14-9-5-7-11-16(14)17/h4-11,17-18,26H,12H2,1-3H3,(H,23,24)/t18-/m1/s1. The van der Waals surface area contributed by atoms with Gasteiger partial charge in [0.05, 0.1) is 5.60 Å². The van der Waals surface area contributed by atoms with E-state index in [2.05, 4.69) is 0 Å². The predicted molar refractivity (Wildman–Crippen MR) is 101 cm³/mol. The van der Waals surface area contributed by atoms with Crippen molar-refractivity contribution in [2.24, 2.45) is 0 Å². The monoisotopic (exact) mass is 369 g/mol. The smallest absolute Gasteiger partial charge is 0.410 e. The summed E-state index contributed by atoms with van der Waals surface area (Å²) in [6.45, 7) is 2.79. The molecule has 1 atom stereocenters. The number of carbonyl (C=O) groups excluding carboxylic acids is 1. The summed E-state index contributed by atoms with van der Waals surface area (Å²) >= 11 is 0. The van der Waals surface area contributed by atoms with Crippen LogP contribution in [0.5, 0.6) is 0 Å². The molecule has 0 bridgehead atoms. The zero-order valence-corrected chi connectivity index (χ0v) is 15.5. The van der Waals surface area contributed by atoms with Gasteiger partial charge in [0.1, 0.15) is 6.61 Å². The molecule has 0 spiro atoms. The van der Waals surface area contributed by atoms with E-state index in [0.29, 0.717) is 0 Å². The Morgan fingerprint density at radius 2 is 1.56 bits per heavy atom. The zero-order chi connectivity index (χ0) is 19.8. The number of hydrogen-bond donors (Lipinski definition) is 2. The second kappa shape index (κ2) is 7.04. The molecule has 0 heterocycles. The summed E-state index contributed by atoms with van der Waals surface area (Å²) in [6, 6.07) is 14.5. The van der Waals surface area contributed by atoms with Gasteiger partial charge in [-0.15, -0.1) is 0 Å². The third-order valence-corrected chi connectivity index (χ3v) is 4.91. The summed E-state index contributed by atoms with van der Waals surface area (Å²) in [6.07, 6.45) is -0.786. The van der Waals surface area contributed by atoms with Crippen molar-refractivity contribution in [1.82, 2.24) is 4.90 Å². The number of carbonyl (C=O) groups is 2. The highest BCUT2D eigenvalue weighted by Crippen LogP contribution is 2.44. The third kappa shape index (κ3) is 3.53. The summed E-state index contributed by atoms with van der Waals surface area (Å²) in [5.41, 5.74) is 2.77. The molecular formula is C21H23NO5. The second-order valence-corrected chi connectivity index (χ2v) is 7.31.